The molecule has 0 radical (unpaired) electrons. The third kappa shape index (κ3) is 5.72. The van der Waals surface area contributed by atoms with Gasteiger partial charge in [0.1, 0.15) is 5.75 Å². The summed E-state index contributed by atoms with van der Waals surface area (Å²) < 4.78 is 10.4. The minimum Gasteiger partial charge on any atom is -0.426 e. The molecule has 4 nitrogen and oxygen atoms in total. The van der Waals surface area contributed by atoms with E-state index in [0.29, 0.717) is 18.8 Å². The average Bonchev–Trinajstić information content (AvgIpc) is 2.48. The van der Waals surface area contributed by atoms with Crippen molar-refractivity contribution in [2.24, 2.45) is 5.92 Å². The second kappa shape index (κ2) is 9.50. The van der Waals surface area contributed by atoms with Gasteiger partial charge in [-0.2, -0.15) is 0 Å². The van der Waals surface area contributed by atoms with Crippen LogP contribution in [0.3, 0.4) is 0 Å². The molecule has 0 amide bonds. The summed E-state index contributed by atoms with van der Waals surface area (Å²) in [6.45, 7) is 2.65. The number of hydrogen-bond donors (Lipinski definition) is 1. The van der Waals surface area contributed by atoms with Gasteiger partial charge < -0.3 is 14.6 Å². The van der Waals surface area contributed by atoms with Crippen molar-refractivity contribution in [1.82, 2.24) is 0 Å². The van der Waals surface area contributed by atoms with E-state index in [1.807, 2.05) is 0 Å². The summed E-state index contributed by atoms with van der Waals surface area (Å²) in [5.74, 6) is 0.200. The molecule has 0 aliphatic carbocycles. The molecule has 0 fully saturated rings. The van der Waals surface area contributed by atoms with Crippen molar-refractivity contribution in [3.05, 3.63) is 29.8 Å². The van der Waals surface area contributed by atoms with Gasteiger partial charge in [-0.3, -0.25) is 4.79 Å². The minimum absolute atomic E-state index is 0.0127. The zero-order chi connectivity index (χ0) is 14.8. The lowest BCUT2D eigenvalue weighted by Gasteiger charge is -2.15. The van der Waals surface area contributed by atoms with Gasteiger partial charge >= 0.3 is 5.97 Å². The Labute approximate surface area is 120 Å². The Morgan fingerprint density at radius 2 is 1.95 bits per heavy atom. The van der Waals surface area contributed by atoms with Crippen molar-refractivity contribution in [2.75, 3.05) is 13.7 Å². The first-order valence-corrected chi connectivity index (χ1v) is 7.11. The van der Waals surface area contributed by atoms with Crippen LogP contribution in [-0.2, 0) is 16.1 Å². The van der Waals surface area contributed by atoms with Gasteiger partial charge in [0.2, 0.25) is 0 Å². The van der Waals surface area contributed by atoms with E-state index in [1.54, 1.807) is 31.4 Å². The fourth-order valence-electron chi connectivity index (χ4n) is 1.95. The van der Waals surface area contributed by atoms with Crippen molar-refractivity contribution in [3.63, 3.8) is 0 Å². The predicted molar refractivity (Wildman–Crippen MR) is 77.5 cm³/mol. The van der Waals surface area contributed by atoms with Crippen molar-refractivity contribution < 1.29 is 19.4 Å². The molecule has 20 heavy (non-hydrogen) atoms. The number of carbonyl (C=O) groups excluding carboxylic acids is 1. The molecule has 1 aromatic carbocycles. The molecule has 0 spiro atoms. The summed E-state index contributed by atoms with van der Waals surface area (Å²) in [6, 6.07) is 6.91. The SMILES string of the molecule is CCCCC(CCOC)C(=O)Oc1ccc(CO)cc1. The molecule has 4 heteroatoms. The Hall–Kier alpha value is -1.39. The summed E-state index contributed by atoms with van der Waals surface area (Å²) in [4.78, 5) is 12.2. The van der Waals surface area contributed by atoms with Gasteiger partial charge in [0, 0.05) is 13.7 Å². The molecule has 1 aromatic rings. The maximum absolute atomic E-state index is 12.2. The highest BCUT2D eigenvalue weighted by atomic mass is 16.5. The topological polar surface area (TPSA) is 55.8 Å². The van der Waals surface area contributed by atoms with Crippen molar-refractivity contribution in [2.45, 2.75) is 39.2 Å². The van der Waals surface area contributed by atoms with Gasteiger partial charge in [0.25, 0.3) is 0 Å². The highest BCUT2D eigenvalue weighted by Gasteiger charge is 2.19. The first-order valence-electron chi connectivity index (χ1n) is 7.11. The van der Waals surface area contributed by atoms with E-state index in [0.717, 1.165) is 24.8 Å². The number of hydrogen-bond acceptors (Lipinski definition) is 4. The van der Waals surface area contributed by atoms with E-state index in [2.05, 4.69) is 6.92 Å². The highest BCUT2D eigenvalue weighted by molar-refractivity contribution is 5.75. The molecular weight excluding hydrogens is 256 g/mol. The van der Waals surface area contributed by atoms with Crippen LogP contribution in [0.2, 0.25) is 0 Å². The largest absolute Gasteiger partial charge is 0.426 e. The molecule has 0 bridgehead atoms. The second-order valence-electron chi connectivity index (χ2n) is 4.84. The van der Waals surface area contributed by atoms with Crippen LogP contribution >= 0.6 is 0 Å². The lowest BCUT2D eigenvalue weighted by Crippen LogP contribution is -2.22. The van der Waals surface area contributed by atoms with Crippen molar-refractivity contribution in [1.29, 1.82) is 0 Å². The highest BCUT2D eigenvalue weighted by Crippen LogP contribution is 2.19. The molecule has 112 valence electrons. The Balaban J connectivity index is 2.58. The van der Waals surface area contributed by atoms with Crippen molar-refractivity contribution >= 4 is 5.97 Å². The molecule has 0 aliphatic rings. The van der Waals surface area contributed by atoms with Crippen LogP contribution in [0, 0.1) is 5.92 Å². The van der Waals surface area contributed by atoms with Crippen molar-refractivity contribution in [3.8, 4) is 5.75 Å². The Kier molecular flexibility index (Phi) is 7.92. The summed E-state index contributed by atoms with van der Waals surface area (Å²) in [7, 11) is 1.63. The number of benzene rings is 1. The Morgan fingerprint density at radius 1 is 1.25 bits per heavy atom. The number of unbranched alkanes of at least 4 members (excludes halogenated alkanes) is 1. The average molecular weight is 280 g/mol. The third-order valence-corrected chi connectivity index (χ3v) is 3.23. The lowest BCUT2D eigenvalue weighted by molar-refractivity contribution is -0.139. The van der Waals surface area contributed by atoms with Crippen LogP contribution < -0.4 is 4.74 Å². The van der Waals surface area contributed by atoms with E-state index in [1.165, 1.54) is 0 Å². The van der Waals surface area contributed by atoms with Gasteiger partial charge in [-0.15, -0.1) is 0 Å². The van der Waals surface area contributed by atoms with Crippen LogP contribution in [-0.4, -0.2) is 24.8 Å². The van der Waals surface area contributed by atoms with Gasteiger partial charge in [-0.25, -0.2) is 0 Å². The van der Waals surface area contributed by atoms with E-state index in [-0.39, 0.29) is 18.5 Å². The smallest absolute Gasteiger partial charge is 0.314 e. The van der Waals surface area contributed by atoms with E-state index < -0.39 is 0 Å². The number of carbonyl (C=O) groups is 1. The summed E-state index contributed by atoms with van der Waals surface area (Å²) >= 11 is 0. The number of aliphatic hydroxyl groups is 1. The molecule has 1 atom stereocenters. The molecule has 1 N–H and O–H groups in total. The molecule has 0 saturated carbocycles. The summed E-state index contributed by atoms with van der Waals surface area (Å²) in [5, 5.41) is 8.97. The van der Waals surface area contributed by atoms with Gasteiger partial charge in [0.15, 0.2) is 0 Å². The Bertz CT molecular complexity index is 378. The zero-order valence-corrected chi connectivity index (χ0v) is 12.3. The molecule has 0 saturated heterocycles. The predicted octanol–water partition coefficient (Wildman–Crippen LogP) is 2.93. The number of aliphatic hydroxyl groups excluding tert-OH is 1. The van der Waals surface area contributed by atoms with Crippen LogP contribution in [0.1, 0.15) is 38.2 Å². The van der Waals surface area contributed by atoms with Gasteiger partial charge in [-0.1, -0.05) is 31.9 Å². The molecule has 0 aromatic heterocycles. The number of esters is 1. The lowest BCUT2D eigenvalue weighted by atomic mass is 9.99. The summed E-state index contributed by atoms with van der Waals surface area (Å²) in [5.41, 5.74) is 0.798. The number of methoxy groups -OCH3 is 1. The Morgan fingerprint density at radius 3 is 2.50 bits per heavy atom. The van der Waals surface area contributed by atoms with Crippen LogP contribution in [0.4, 0.5) is 0 Å². The van der Waals surface area contributed by atoms with Crippen LogP contribution in [0.25, 0.3) is 0 Å². The van der Waals surface area contributed by atoms with Gasteiger partial charge in [0.05, 0.1) is 12.5 Å². The molecular formula is C16H24O4. The van der Waals surface area contributed by atoms with Crippen LogP contribution in [0.15, 0.2) is 24.3 Å². The van der Waals surface area contributed by atoms with Crippen LogP contribution in [0.5, 0.6) is 5.75 Å². The molecule has 1 unspecified atom stereocenters. The second-order valence-corrected chi connectivity index (χ2v) is 4.84. The fourth-order valence-corrected chi connectivity index (χ4v) is 1.95. The first kappa shape index (κ1) is 16.7. The normalized spacial score (nSPS) is 12.2. The third-order valence-electron chi connectivity index (χ3n) is 3.23. The van der Waals surface area contributed by atoms with E-state index >= 15 is 0 Å². The quantitative estimate of drug-likeness (QED) is 0.558. The maximum Gasteiger partial charge on any atom is 0.314 e. The number of rotatable bonds is 9. The standard InChI is InChI=1S/C16H24O4/c1-3-4-5-14(10-11-19-2)16(18)20-15-8-6-13(12-17)7-9-15/h6-9,14,17H,3-5,10-12H2,1-2H3. The fraction of sp³-hybridized carbons (Fsp3) is 0.562. The summed E-state index contributed by atoms with van der Waals surface area (Å²) in [6.07, 6.45) is 3.58. The molecule has 1 rings (SSSR count). The van der Waals surface area contributed by atoms with E-state index in [4.69, 9.17) is 14.6 Å². The minimum atomic E-state index is -0.202. The molecule has 0 aliphatic heterocycles. The van der Waals surface area contributed by atoms with E-state index in [9.17, 15) is 4.79 Å². The maximum atomic E-state index is 12.2. The zero-order valence-electron chi connectivity index (χ0n) is 12.3. The molecule has 0 heterocycles. The van der Waals surface area contributed by atoms with Gasteiger partial charge in [-0.05, 0) is 30.5 Å². The first-order chi connectivity index (χ1) is 9.71. The monoisotopic (exact) mass is 280 g/mol. The number of ether oxygens (including phenoxy) is 2.